The highest BCUT2D eigenvalue weighted by atomic mass is 32.1. The van der Waals surface area contributed by atoms with E-state index in [0.717, 1.165) is 4.88 Å². The Kier molecular flexibility index (Phi) is 1.41. The van der Waals surface area contributed by atoms with Crippen LogP contribution in [0.3, 0.4) is 0 Å². The fourth-order valence-electron chi connectivity index (χ4n) is 1.02. The van der Waals surface area contributed by atoms with E-state index in [1.807, 2.05) is 6.92 Å². The lowest BCUT2D eigenvalue weighted by molar-refractivity contribution is 0.460. The fraction of sp³-hybridized carbons (Fsp3) is 0.143. The third-order valence-electron chi connectivity index (χ3n) is 1.48. The molecule has 5 heteroatoms. The number of hydrogen-bond acceptors (Lipinski definition) is 4. The maximum Gasteiger partial charge on any atom is 0.420 e. The molecule has 0 unspecified atom stereocenters. The molecule has 0 aliphatic rings. The first-order valence-corrected chi connectivity index (χ1v) is 4.12. The van der Waals surface area contributed by atoms with Crippen LogP contribution in [-0.4, -0.2) is 4.98 Å². The average molecular weight is 183 g/mol. The van der Waals surface area contributed by atoms with Crippen molar-refractivity contribution in [3.8, 4) is 0 Å². The summed E-state index contributed by atoms with van der Waals surface area (Å²) in [7, 11) is 0. The molecule has 0 spiro atoms. The fourth-order valence-corrected chi connectivity index (χ4v) is 1.90. The summed E-state index contributed by atoms with van der Waals surface area (Å²) in [6.45, 7) is 1.86. The number of nitrogens with one attached hydrogen (secondary N) is 1. The minimum Gasteiger partial charge on any atom is -0.372 e. The average Bonchev–Trinajstić information content (AvgIpc) is 2.29. The first kappa shape index (κ1) is 7.30. The van der Waals surface area contributed by atoms with Gasteiger partial charge >= 0.3 is 11.4 Å². The van der Waals surface area contributed by atoms with Crippen molar-refractivity contribution in [2.75, 3.05) is 0 Å². The molecule has 2 rings (SSSR count). The Morgan fingerprint density at radius 2 is 2.25 bits per heavy atom. The predicted octanol–water partition coefficient (Wildman–Crippen LogP) is 0.851. The molecule has 0 bridgehead atoms. The van der Waals surface area contributed by atoms with Crippen LogP contribution in [0.4, 0.5) is 0 Å². The van der Waals surface area contributed by atoms with Crippen LogP contribution in [0.5, 0.6) is 0 Å². The molecule has 0 aliphatic heterocycles. The quantitative estimate of drug-likeness (QED) is 0.658. The number of aryl methyl sites for hydroxylation is 1. The van der Waals surface area contributed by atoms with E-state index in [9.17, 15) is 9.59 Å². The van der Waals surface area contributed by atoms with Gasteiger partial charge in [0.25, 0.3) is 0 Å². The molecule has 0 aromatic carbocycles. The van der Waals surface area contributed by atoms with Crippen LogP contribution in [0.1, 0.15) is 4.88 Å². The van der Waals surface area contributed by atoms with Crippen LogP contribution >= 0.6 is 11.3 Å². The van der Waals surface area contributed by atoms with Gasteiger partial charge < -0.3 is 4.42 Å². The Balaban J connectivity index is 3.08. The summed E-state index contributed by atoms with van der Waals surface area (Å²) < 4.78 is 4.34. The molecule has 2 aromatic heterocycles. The summed E-state index contributed by atoms with van der Waals surface area (Å²) in [5.41, 5.74) is -0.571. The van der Waals surface area contributed by atoms with Gasteiger partial charge in [0.1, 0.15) is 4.83 Å². The third kappa shape index (κ3) is 0.984. The molecular weight excluding hydrogens is 178 g/mol. The van der Waals surface area contributed by atoms with Crippen molar-refractivity contribution in [1.29, 1.82) is 0 Å². The van der Waals surface area contributed by atoms with E-state index in [2.05, 4.69) is 9.40 Å². The second-order valence-corrected chi connectivity index (χ2v) is 3.66. The van der Waals surface area contributed by atoms with E-state index in [0.29, 0.717) is 10.2 Å². The zero-order valence-electron chi connectivity index (χ0n) is 6.21. The van der Waals surface area contributed by atoms with Gasteiger partial charge in [-0.25, -0.2) is 9.59 Å². The first-order chi connectivity index (χ1) is 5.66. The maximum absolute atomic E-state index is 11.0. The van der Waals surface area contributed by atoms with Gasteiger partial charge in [-0.1, -0.05) is 0 Å². The van der Waals surface area contributed by atoms with Crippen molar-refractivity contribution in [3.63, 3.8) is 0 Å². The Bertz CT molecular complexity index is 533. The van der Waals surface area contributed by atoms with Gasteiger partial charge in [-0.2, -0.15) is 0 Å². The SMILES string of the molecule is Cc1cc2c(=O)oc(=O)[nH]c2s1. The highest BCUT2D eigenvalue weighted by Crippen LogP contribution is 2.18. The van der Waals surface area contributed by atoms with Gasteiger partial charge in [0, 0.05) is 4.88 Å². The highest BCUT2D eigenvalue weighted by Gasteiger charge is 2.04. The lowest BCUT2D eigenvalue weighted by Gasteiger charge is -1.82. The minimum absolute atomic E-state index is 0.442. The minimum atomic E-state index is -0.700. The monoisotopic (exact) mass is 183 g/mol. The van der Waals surface area contributed by atoms with Crippen LogP contribution in [0.25, 0.3) is 10.2 Å². The van der Waals surface area contributed by atoms with Crippen LogP contribution in [0.15, 0.2) is 20.1 Å². The number of aromatic amines is 1. The van der Waals surface area contributed by atoms with E-state index in [4.69, 9.17) is 0 Å². The predicted molar refractivity (Wildman–Crippen MR) is 45.7 cm³/mol. The van der Waals surface area contributed by atoms with Crippen molar-refractivity contribution in [2.45, 2.75) is 6.92 Å². The zero-order valence-corrected chi connectivity index (χ0v) is 7.03. The summed E-state index contributed by atoms with van der Waals surface area (Å²) in [5.74, 6) is -0.700. The Morgan fingerprint density at radius 3 is 3.00 bits per heavy atom. The Labute approximate surface area is 70.5 Å². The van der Waals surface area contributed by atoms with Gasteiger partial charge in [-0.15, -0.1) is 11.3 Å². The summed E-state index contributed by atoms with van der Waals surface area (Å²) in [5, 5.41) is 0.442. The van der Waals surface area contributed by atoms with Crippen LogP contribution in [-0.2, 0) is 0 Å². The number of fused-ring (bicyclic) bond motifs is 1. The molecule has 0 radical (unpaired) electrons. The smallest absolute Gasteiger partial charge is 0.372 e. The summed E-state index contributed by atoms with van der Waals surface area (Å²) >= 11 is 1.36. The van der Waals surface area contributed by atoms with Gasteiger partial charge in [0.2, 0.25) is 0 Å². The van der Waals surface area contributed by atoms with Gasteiger partial charge in [0.15, 0.2) is 0 Å². The number of rotatable bonds is 0. The van der Waals surface area contributed by atoms with Crippen molar-refractivity contribution >= 4 is 21.6 Å². The van der Waals surface area contributed by atoms with Crippen LogP contribution in [0.2, 0.25) is 0 Å². The van der Waals surface area contributed by atoms with E-state index in [1.165, 1.54) is 11.3 Å². The van der Waals surface area contributed by atoms with Gasteiger partial charge in [0.05, 0.1) is 5.39 Å². The van der Waals surface area contributed by atoms with Gasteiger partial charge in [-0.3, -0.25) is 4.98 Å². The number of H-pyrrole nitrogens is 1. The number of thiophene rings is 1. The van der Waals surface area contributed by atoms with Crippen molar-refractivity contribution in [3.05, 3.63) is 31.9 Å². The maximum atomic E-state index is 11.0. The van der Waals surface area contributed by atoms with E-state index < -0.39 is 11.4 Å². The topological polar surface area (TPSA) is 63.1 Å². The largest absolute Gasteiger partial charge is 0.420 e. The molecule has 0 aliphatic carbocycles. The molecule has 0 amide bonds. The molecule has 4 nitrogen and oxygen atoms in total. The summed E-state index contributed by atoms with van der Waals surface area (Å²) in [6, 6.07) is 1.70. The lowest BCUT2D eigenvalue weighted by Crippen LogP contribution is -2.12. The highest BCUT2D eigenvalue weighted by molar-refractivity contribution is 7.18. The molecule has 0 atom stereocenters. The zero-order chi connectivity index (χ0) is 8.72. The third-order valence-corrected chi connectivity index (χ3v) is 2.44. The molecule has 1 N–H and O–H groups in total. The molecule has 62 valence electrons. The standard InChI is InChI=1S/C7H5NO3S/c1-3-2-4-5(12-3)8-7(10)11-6(4)9/h2H,1H3,(H,8,10). The summed E-state index contributed by atoms with van der Waals surface area (Å²) in [6.07, 6.45) is 0. The Morgan fingerprint density at radius 1 is 1.50 bits per heavy atom. The van der Waals surface area contributed by atoms with Crippen molar-refractivity contribution in [2.24, 2.45) is 0 Å². The molecule has 12 heavy (non-hydrogen) atoms. The Hall–Kier alpha value is -1.36. The number of aromatic nitrogens is 1. The molecule has 0 fully saturated rings. The van der Waals surface area contributed by atoms with Crippen molar-refractivity contribution < 1.29 is 4.42 Å². The first-order valence-electron chi connectivity index (χ1n) is 3.30. The molecular formula is C7H5NO3S. The van der Waals surface area contributed by atoms with Crippen molar-refractivity contribution in [1.82, 2.24) is 4.98 Å². The summed E-state index contributed by atoms with van der Waals surface area (Å²) in [4.78, 5) is 25.7. The van der Waals surface area contributed by atoms with Gasteiger partial charge in [-0.05, 0) is 13.0 Å². The van der Waals surface area contributed by atoms with Crippen LogP contribution < -0.4 is 11.4 Å². The molecule has 0 saturated heterocycles. The second-order valence-electron chi connectivity index (χ2n) is 2.40. The lowest BCUT2D eigenvalue weighted by atomic mass is 10.4. The normalized spacial score (nSPS) is 10.8. The molecule has 2 heterocycles. The molecule has 0 saturated carbocycles. The van der Waals surface area contributed by atoms with E-state index in [1.54, 1.807) is 6.07 Å². The molecule has 2 aromatic rings. The van der Waals surface area contributed by atoms with E-state index in [-0.39, 0.29) is 0 Å². The number of hydrogen-bond donors (Lipinski definition) is 1. The second kappa shape index (κ2) is 2.31. The van der Waals surface area contributed by atoms with E-state index >= 15 is 0 Å². The van der Waals surface area contributed by atoms with Crippen LogP contribution in [0, 0.1) is 6.92 Å².